The summed E-state index contributed by atoms with van der Waals surface area (Å²) >= 11 is 0. The summed E-state index contributed by atoms with van der Waals surface area (Å²) in [4.78, 5) is 0. The molecule has 0 saturated carbocycles. The van der Waals surface area contributed by atoms with Crippen LogP contribution in [0.15, 0.2) is 24.3 Å². The molecule has 0 spiro atoms. The van der Waals surface area contributed by atoms with Gasteiger partial charge in [-0.25, -0.2) is 0 Å². The van der Waals surface area contributed by atoms with Gasteiger partial charge in [-0.3, -0.25) is 0 Å². The van der Waals surface area contributed by atoms with E-state index in [9.17, 15) is 18.3 Å². The Morgan fingerprint density at radius 3 is 1.84 bits per heavy atom. The smallest absolute Gasteiger partial charge is 0.388 e. The van der Waals surface area contributed by atoms with Crippen LogP contribution in [0.4, 0.5) is 13.2 Å². The van der Waals surface area contributed by atoms with E-state index in [-0.39, 0.29) is 13.0 Å². The van der Waals surface area contributed by atoms with Crippen molar-refractivity contribution >= 4 is 0 Å². The molecule has 2 nitrogen and oxygen atoms in total. The molecular weight excluding hydrogens is 255 g/mol. The van der Waals surface area contributed by atoms with Gasteiger partial charge in [-0.05, 0) is 23.1 Å². The highest BCUT2D eigenvalue weighted by atomic mass is 19.4. The predicted molar refractivity (Wildman–Crippen MR) is 68.6 cm³/mol. The average molecular weight is 275 g/mol. The second-order valence-corrected chi connectivity index (χ2v) is 5.86. The summed E-state index contributed by atoms with van der Waals surface area (Å²) < 4.78 is 37.3. The van der Waals surface area contributed by atoms with E-state index in [2.05, 4.69) is 0 Å². The first kappa shape index (κ1) is 16.0. The second-order valence-electron chi connectivity index (χ2n) is 5.86. The van der Waals surface area contributed by atoms with E-state index in [4.69, 9.17) is 5.73 Å². The van der Waals surface area contributed by atoms with Crippen LogP contribution in [0.1, 0.15) is 31.9 Å². The summed E-state index contributed by atoms with van der Waals surface area (Å²) in [7, 11) is 0. The van der Waals surface area contributed by atoms with E-state index >= 15 is 0 Å². The van der Waals surface area contributed by atoms with Crippen molar-refractivity contribution in [2.75, 3.05) is 6.54 Å². The lowest BCUT2D eigenvalue weighted by molar-refractivity contribution is -0.137. The third kappa shape index (κ3) is 3.70. The van der Waals surface area contributed by atoms with Gasteiger partial charge in [-0.1, -0.05) is 32.9 Å². The zero-order valence-electron chi connectivity index (χ0n) is 11.4. The minimum atomic E-state index is -4.34. The van der Waals surface area contributed by atoms with Crippen LogP contribution in [0.5, 0.6) is 0 Å². The highest BCUT2D eigenvalue weighted by molar-refractivity contribution is 5.26. The molecule has 1 atom stereocenters. The van der Waals surface area contributed by atoms with Crippen LogP contribution in [-0.2, 0) is 12.6 Å². The van der Waals surface area contributed by atoms with Crippen molar-refractivity contribution in [2.24, 2.45) is 11.1 Å². The first-order chi connectivity index (χ1) is 8.49. The SMILES string of the molecule is CC(C)(C)C(O)(CN)Cc1ccc(C(F)(F)F)cc1. The molecule has 1 unspecified atom stereocenters. The average Bonchev–Trinajstić information content (AvgIpc) is 2.27. The molecule has 0 aliphatic carbocycles. The van der Waals surface area contributed by atoms with Gasteiger partial charge in [-0.15, -0.1) is 0 Å². The van der Waals surface area contributed by atoms with Gasteiger partial charge in [0, 0.05) is 13.0 Å². The molecule has 0 aliphatic rings. The van der Waals surface area contributed by atoms with Crippen LogP contribution >= 0.6 is 0 Å². The van der Waals surface area contributed by atoms with Crippen LogP contribution in [0, 0.1) is 5.41 Å². The van der Waals surface area contributed by atoms with Gasteiger partial charge >= 0.3 is 6.18 Å². The zero-order valence-corrected chi connectivity index (χ0v) is 11.4. The van der Waals surface area contributed by atoms with Crippen LogP contribution < -0.4 is 5.73 Å². The maximum atomic E-state index is 12.4. The monoisotopic (exact) mass is 275 g/mol. The summed E-state index contributed by atoms with van der Waals surface area (Å²) in [5.74, 6) is 0. The second kappa shape index (κ2) is 5.13. The van der Waals surface area contributed by atoms with Gasteiger partial charge in [0.2, 0.25) is 0 Å². The van der Waals surface area contributed by atoms with Crippen LogP contribution in [-0.4, -0.2) is 17.3 Å². The predicted octanol–water partition coefficient (Wildman–Crippen LogP) is 2.98. The van der Waals surface area contributed by atoms with Crippen molar-refractivity contribution in [1.29, 1.82) is 0 Å². The van der Waals surface area contributed by atoms with Crippen molar-refractivity contribution in [2.45, 2.75) is 39.0 Å². The van der Waals surface area contributed by atoms with Gasteiger partial charge in [0.25, 0.3) is 0 Å². The fourth-order valence-electron chi connectivity index (χ4n) is 1.79. The van der Waals surface area contributed by atoms with Crippen molar-refractivity contribution in [3.05, 3.63) is 35.4 Å². The minimum absolute atomic E-state index is 0.0531. The molecule has 0 heterocycles. The quantitative estimate of drug-likeness (QED) is 0.890. The molecule has 0 aromatic heterocycles. The molecule has 1 aromatic rings. The van der Waals surface area contributed by atoms with E-state index in [1.807, 2.05) is 20.8 Å². The molecule has 19 heavy (non-hydrogen) atoms. The van der Waals surface area contributed by atoms with Gasteiger partial charge in [-0.2, -0.15) is 13.2 Å². The topological polar surface area (TPSA) is 46.2 Å². The van der Waals surface area contributed by atoms with Crippen LogP contribution in [0.3, 0.4) is 0 Å². The zero-order chi connectivity index (χ0) is 14.9. The molecule has 0 radical (unpaired) electrons. The summed E-state index contributed by atoms with van der Waals surface area (Å²) in [5.41, 5.74) is 3.95. The lowest BCUT2D eigenvalue weighted by Gasteiger charge is -2.39. The molecule has 0 fully saturated rings. The molecule has 0 amide bonds. The van der Waals surface area contributed by atoms with Crippen molar-refractivity contribution in [3.63, 3.8) is 0 Å². The molecule has 0 aliphatic heterocycles. The van der Waals surface area contributed by atoms with E-state index in [0.29, 0.717) is 5.56 Å². The Kier molecular flexibility index (Phi) is 4.32. The van der Waals surface area contributed by atoms with Crippen LogP contribution in [0.25, 0.3) is 0 Å². The highest BCUT2D eigenvalue weighted by Gasteiger charge is 2.39. The Morgan fingerprint density at radius 2 is 1.53 bits per heavy atom. The number of hydrogen-bond donors (Lipinski definition) is 2. The first-order valence-electron chi connectivity index (χ1n) is 6.08. The fourth-order valence-corrected chi connectivity index (χ4v) is 1.79. The summed E-state index contributed by atoms with van der Waals surface area (Å²) in [6.45, 7) is 5.61. The molecule has 3 N–H and O–H groups in total. The van der Waals surface area contributed by atoms with E-state index in [1.54, 1.807) is 0 Å². The number of nitrogens with two attached hydrogens (primary N) is 1. The Morgan fingerprint density at radius 1 is 1.05 bits per heavy atom. The van der Waals surface area contributed by atoms with Crippen molar-refractivity contribution in [3.8, 4) is 0 Å². The lowest BCUT2D eigenvalue weighted by atomic mass is 9.73. The first-order valence-corrected chi connectivity index (χ1v) is 6.08. The Labute approximate surface area is 111 Å². The van der Waals surface area contributed by atoms with Gasteiger partial charge in [0.05, 0.1) is 11.2 Å². The van der Waals surface area contributed by atoms with E-state index in [0.717, 1.165) is 12.1 Å². The standard InChI is InChI=1S/C14H20F3NO/c1-12(2,3)13(19,9-18)8-10-4-6-11(7-5-10)14(15,16)17/h4-7,19H,8-9,18H2,1-3H3. The third-order valence-electron chi connectivity index (χ3n) is 3.51. The minimum Gasteiger partial charge on any atom is -0.388 e. The normalized spacial score (nSPS) is 16.2. The Hall–Kier alpha value is -1.07. The maximum absolute atomic E-state index is 12.4. The number of halogens is 3. The molecule has 108 valence electrons. The van der Waals surface area contributed by atoms with Crippen molar-refractivity contribution in [1.82, 2.24) is 0 Å². The number of alkyl halides is 3. The molecular formula is C14H20F3NO. The fraction of sp³-hybridized carbons (Fsp3) is 0.571. The largest absolute Gasteiger partial charge is 0.416 e. The highest BCUT2D eigenvalue weighted by Crippen LogP contribution is 2.34. The van der Waals surface area contributed by atoms with Crippen LogP contribution in [0.2, 0.25) is 0 Å². The maximum Gasteiger partial charge on any atom is 0.416 e. The Bertz CT molecular complexity index is 420. The van der Waals surface area contributed by atoms with E-state index < -0.39 is 22.8 Å². The molecule has 5 heteroatoms. The molecule has 1 rings (SSSR count). The summed E-state index contributed by atoms with van der Waals surface area (Å²) in [5, 5.41) is 10.5. The summed E-state index contributed by atoms with van der Waals surface area (Å²) in [6, 6.07) is 4.81. The van der Waals surface area contributed by atoms with E-state index in [1.165, 1.54) is 12.1 Å². The lowest BCUT2D eigenvalue weighted by Crippen LogP contribution is -2.50. The number of benzene rings is 1. The van der Waals surface area contributed by atoms with Gasteiger partial charge in [0.1, 0.15) is 0 Å². The van der Waals surface area contributed by atoms with Crippen molar-refractivity contribution < 1.29 is 18.3 Å². The molecule has 0 bridgehead atoms. The number of aliphatic hydroxyl groups is 1. The van der Waals surface area contributed by atoms with Gasteiger partial charge in [0.15, 0.2) is 0 Å². The molecule has 1 aromatic carbocycles. The van der Waals surface area contributed by atoms with Gasteiger partial charge < -0.3 is 10.8 Å². The third-order valence-corrected chi connectivity index (χ3v) is 3.51. The summed E-state index contributed by atoms with van der Waals surface area (Å²) in [6.07, 6.45) is -4.11. The Balaban J connectivity index is 2.95. The molecule has 0 saturated heterocycles. The number of hydrogen-bond acceptors (Lipinski definition) is 2. The number of rotatable bonds is 3.